The number of anilines is 1. The molecule has 0 N–H and O–H groups in total. The number of thioether (sulfide) groups is 1. The molecular weight excluding hydrogens is 380 g/mol. The van der Waals surface area contributed by atoms with Crippen LogP contribution in [0.15, 0.2) is 65.7 Å². The molecule has 1 amide bonds. The molecule has 29 heavy (non-hydrogen) atoms. The van der Waals surface area contributed by atoms with Gasteiger partial charge in [-0.05, 0) is 36.9 Å². The lowest BCUT2D eigenvalue weighted by atomic mass is 10.1. The fraction of sp³-hybridized carbons (Fsp3) is 0.261. The highest BCUT2D eigenvalue weighted by atomic mass is 32.2. The highest BCUT2D eigenvalue weighted by molar-refractivity contribution is 7.98. The third-order valence-corrected chi connectivity index (χ3v) is 5.96. The first kappa shape index (κ1) is 19.5. The van der Waals surface area contributed by atoms with E-state index in [1.807, 2.05) is 66.6 Å². The molecule has 0 saturated carbocycles. The van der Waals surface area contributed by atoms with E-state index < -0.39 is 0 Å². The third-order valence-electron chi connectivity index (χ3n) is 5.24. The van der Waals surface area contributed by atoms with Gasteiger partial charge in [0, 0.05) is 48.4 Å². The molecule has 5 nitrogen and oxygen atoms in total. The van der Waals surface area contributed by atoms with Crippen LogP contribution in [0.1, 0.15) is 15.9 Å². The number of benzene rings is 2. The van der Waals surface area contributed by atoms with Gasteiger partial charge in [0.15, 0.2) is 5.82 Å². The smallest absolute Gasteiger partial charge is 0.254 e. The lowest BCUT2D eigenvalue weighted by Crippen LogP contribution is -2.49. The van der Waals surface area contributed by atoms with E-state index in [2.05, 4.69) is 16.0 Å². The summed E-state index contributed by atoms with van der Waals surface area (Å²) in [5.41, 5.74) is 2.84. The van der Waals surface area contributed by atoms with Gasteiger partial charge < -0.3 is 9.80 Å². The van der Waals surface area contributed by atoms with Gasteiger partial charge in [-0.15, -0.1) is 11.8 Å². The van der Waals surface area contributed by atoms with Gasteiger partial charge in [0.05, 0.1) is 0 Å². The molecule has 0 aliphatic carbocycles. The average Bonchev–Trinajstić information content (AvgIpc) is 2.80. The van der Waals surface area contributed by atoms with E-state index in [-0.39, 0.29) is 5.91 Å². The molecule has 3 aromatic rings. The topological polar surface area (TPSA) is 49.3 Å². The number of nitrogens with zero attached hydrogens (tertiary/aromatic N) is 4. The largest absolute Gasteiger partial charge is 0.353 e. The maximum Gasteiger partial charge on any atom is 0.254 e. The Labute approximate surface area is 175 Å². The van der Waals surface area contributed by atoms with Crippen molar-refractivity contribution in [3.8, 4) is 11.4 Å². The number of hydrogen-bond acceptors (Lipinski definition) is 5. The molecular formula is C23H24N4OS. The van der Waals surface area contributed by atoms with Crippen molar-refractivity contribution in [2.75, 3.05) is 37.3 Å². The molecule has 2 heterocycles. The number of carbonyl (C=O) groups is 1. The zero-order chi connectivity index (χ0) is 20.2. The number of aromatic nitrogens is 2. The van der Waals surface area contributed by atoms with Crippen LogP contribution in [0.2, 0.25) is 0 Å². The van der Waals surface area contributed by atoms with Crippen LogP contribution in [0.3, 0.4) is 0 Å². The van der Waals surface area contributed by atoms with Crippen LogP contribution >= 0.6 is 11.8 Å². The van der Waals surface area contributed by atoms with E-state index in [1.165, 1.54) is 0 Å². The Morgan fingerprint density at radius 2 is 1.76 bits per heavy atom. The normalized spacial score (nSPS) is 14.1. The van der Waals surface area contributed by atoms with Gasteiger partial charge in [-0.2, -0.15) is 0 Å². The Balaban J connectivity index is 1.45. The summed E-state index contributed by atoms with van der Waals surface area (Å²) >= 11 is 1.66. The second-order valence-electron chi connectivity index (χ2n) is 7.06. The Hall–Kier alpha value is -2.86. The van der Waals surface area contributed by atoms with Gasteiger partial charge in [-0.25, -0.2) is 9.97 Å². The first-order chi connectivity index (χ1) is 14.2. The SMILES string of the molecule is CSc1ccc(C)c(C(=O)N2CCN(c3ccnc(-c4ccccc4)n3)CC2)c1. The van der Waals surface area contributed by atoms with E-state index in [9.17, 15) is 4.79 Å². The summed E-state index contributed by atoms with van der Waals surface area (Å²) in [5, 5.41) is 0. The molecule has 1 fully saturated rings. The predicted octanol–water partition coefficient (Wildman–Crippen LogP) is 4.14. The second kappa shape index (κ2) is 8.66. The van der Waals surface area contributed by atoms with Gasteiger partial charge in [-0.1, -0.05) is 36.4 Å². The molecule has 0 unspecified atom stereocenters. The Bertz CT molecular complexity index is 1000. The fourth-order valence-electron chi connectivity index (χ4n) is 3.52. The van der Waals surface area contributed by atoms with Crippen molar-refractivity contribution in [2.24, 2.45) is 0 Å². The van der Waals surface area contributed by atoms with Gasteiger partial charge in [0.25, 0.3) is 5.91 Å². The molecule has 0 bridgehead atoms. The number of piperazine rings is 1. The standard InChI is InChI=1S/C23H24N4OS/c1-17-8-9-19(29-2)16-20(17)23(28)27-14-12-26(13-15-27)21-10-11-24-22(25-21)18-6-4-3-5-7-18/h3-11,16H,12-15H2,1-2H3. The summed E-state index contributed by atoms with van der Waals surface area (Å²) in [6, 6.07) is 18.0. The summed E-state index contributed by atoms with van der Waals surface area (Å²) in [5.74, 6) is 1.75. The van der Waals surface area contributed by atoms with Crippen LogP contribution in [0.5, 0.6) is 0 Å². The summed E-state index contributed by atoms with van der Waals surface area (Å²) in [4.78, 5) is 27.5. The molecule has 1 aliphatic rings. The van der Waals surface area contributed by atoms with Crippen LogP contribution in [-0.4, -0.2) is 53.2 Å². The van der Waals surface area contributed by atoms with Gasteiger partial charge >= 0.3 is 0 Å². The molecule has 148 valence electrons. The van der Waals surface area contributed by atoms with E-state index in [0.29, 0.717) is 13.1 Å². The van der Waals surface area contributed by atoms with Crippen LogP contribution in [0.4, 0.5) is 5.82 Å². The quantitative estimate of drug-likeness (QED) is 0.612. The number of rotatable bonds is 4. The third kappa shape index (κ3) is 4.27. The highest BCUT2D eigenvalue weighted by Gasteiger charge is 2.24. The Kier molecular flexibility index (Phi) is 5.81. The molecule has 1 aromatic heterocycles. The number of carbonyl (C=O) groups excluding carboxylic acids is 1. The summed E-state index contributed by atoms with van der Waals surface area (Å²) < 4.78 is 0. The minimum absolute atomic E-state index is 0.116. The summed E-state index contributed by atoms with van der Waals surface area (Å²) in [6.45, 7) is 4.90. The summed E-state index contributed by atoms with van der Waals surface area (Å²) in [6.07, 6.45) is 3.84. The van der Waals surface area contributed by atoms with Crippen LogP contribution < -0.4 is 4.90 Å². The van der Waals surface area contributed by atoms with Crippen molar-refractivity contribution in [1.29, 1.82) is 0 Å². The maximum atomic E-state index is 13.0. The lowest BCUT2D eigenvalue weighted by molar-refractivity contribution is 0.0745. The predicted molar refractivity (Wildman–Crippen MR) is 119 cm³/mol. The monoisotopic (exact) mass is 404 g/mol. The van der Waals surface area contributed by atoms with E-state index in [4.69, 9.17) is 4.98 Å². The second-order valence-corrected chi connectivity index (χ2v) is 7.94. The minimum atomic E-state index is 0.116. The zero-order valence-electron chi connectivity index (χ0n) is 16.7. The van der Waals surface area contributed by atoms with E-state index in [1.54, 1.807) is 18.0 Å². The van der Waals surface area contributed by atoms with Crippen molar-refractivity contribution in [2.45, 2.75) is 11.8 Å². The van der Waals surface area contributed by atoms with Crippen molar-refractivity contribution in [3.05, 3.63) is 71.9 Å². The molecule has 0 atom stereocenters. The molecule has 1 aliphatic heterocycles. The van der Waals surface area contributed by atoms with Crippen LogP contribution in [0, 0.1) is 6.92 Å². The summed E-state index contributed by atoms with van der Waals surface area (Å²) in [7, 11) is 0. The zero-order valence-corrected chi connectivity index (χ0v) is 17.5. The molecule has 1 saturated heterocycles. The first-order valence-electron chi connectivity index (χ1n) is 9.73. The number of aryl methyl sites for hydroxylation is 1. The average molecular weight is 405 g/mol. The van der Waals surface area contributed by atoms with Gasteiger partial charge in [0.2, 0.25) is 0 Å². The molecule has 2 aromatic carbocycles. The number of hydrogen-bond donors (Lipinski definition) is 0. The first-order valence-corrected chi connectivity index (χ1v) is 11.0. The van der Waals surface area contributed by atoms with E-state index in [0.717, 1.165) is 46.3 Å². The molecule has 0 radical (unpaired) electrons. The maximum absolute atomic E-state index is 13.0. The van der Waals surface area contributed by atoms with Crippen molar-refractivity contribution >= 4 is 23.5 Å². The highest BCUT2D eigenvalue weighted by Crippen LogP contribution is 2.22. The van der Waals surface area contributed by atoms with Crippen LogP contribution in [-0.2, 0) is 0 Å². The van der Waals surface area contributed by atoms with Crippen molar-refractivity contribution < 1.29 is 4.79 Å². The van der Waals surface area contributed by atoms with E-state index >= 15 is 0 Å². The Morgan fingerprint density at radius 3 is 2.48 bits per heavy atom. The Morgan fingerprint density at radius 1 is 1.00 bits per heavy atom. The van der Waals surface area contributed by atoms with Gasteiger partial charge in [-0.3, -0.25) is 4.79 Å². The minimum Gasteiger partial charge on any atom is -0.353 e. The lowest BCUT2D eigenvalue weighted by Gasteiger charge is -2.35. The number of amides is 1. The van der Waals surface area contributed by atoms with Crippen LogP contribution in [0.25, 0.3) is 11.4 Å². The molecule has 6 heteroatoms. The van der Waals surface area contributed by atoms with Crippen molar-refractivity contribution in [3.63, 3.8) is 0 Å². The van der Waals surface area contributed by atoms with Crippen molar-refractivity contribution in [1.82, 2.24) is 14.9 Å². The molecule has 0 spiro atoms. The van der Waals surface area contributed by atoms with Gasteiger partial charge in [0.1, 0.15) is 5.82 Å². The molecule has 4 rings (SSSR count). The fourth-order valence-corrected chi connectivity index (χ4v) is 3.96.